The Balaban J connectivity index is 1.55. The van der Waals surface area contributed by atoms with Crippen molar-refractivity contribution in [1.29, 1.82) is 0 Å². The van der Waals surface area contributed by atoms with E-state index in [-0.39, 0.29) is 17.9 Å². The summed E-state index contributed by atoms with van der Waals surface area (Å²) in [6.07, 6.45) is 0.265. The number of hydrogen-bond acceptors (Lipinski definition) is 6. The first-order valence-electron chi connectivity index (χ1n) is 13.5. The highest BCUT2D eigenvalue weighted by atomic mass is 32.2. The molecule has 0 aromatic heterocycles. The second-order valence-corrected chi connectivity index (χ2v) is 12.0. The van der Waals surface area contributed by atoms with Gasteiger partial charge in [-0.15, -0.1) is 0 Å². The molecule has 0 saturated heterocycles. The lowest BCUT2D eigenvalue weighted by Crippen LogP contribution is -2.57. The fourth-order valence-electron chi connectivity index (χ4n) is 4.97. The summed E-state index contributed by atoms with van der Waals surface area (Å²) in [6, 6.07) is 29.9. The SMILES string of the molecule is Cc1ccc(S(=O)(=O)N(C(=O)C2Cc3ccccc3CN2)[C@@H](Cc2ccccc2)C(=O)OCc2ccccc2)cc1. The number of nitrogens with zero attached hydrogens (tertiary/aromatic N) is 1. The lowest BCUT2D eigenvalue weighted by molar-refractivity contribution is -0.153. The molecular weight excluding hydrogens is 536 g/mol. The van der Waals surface area contributed by atoms with Crippen molar-refractivity contribution in [3.8, 4) is 0 Å². The number of ether oxygens (including phenoxy) is 1. The van der Waals surface area contributed by atoms with Crippen molar-refractivity contribution in [2.75, 3.05) is 0 Å². The molecule has 1 heterocycles. The average Bonchev–Trinajstić information content (AvgIpc) is 3.00. The number of nitrogens with one attached hydrogen (secondary N) is 1. The van der Waals surface area contributed by atoms with Gasteiger partial charge in [0.15, 0.2) is 0 Å². The minimum Gasteiger partial charge on any atom is -0.459 e. The molecule has 4 aromatic carbocycles. The summed E-state index contributed by atoms with van der Waals surface area (Å²) in [6.45, 7) is 2.21. The summed E-state index contributed by atoms with van der Waals surface area (Å²) < 4.78 is 34.9. The first kappa shape index (κ1) is 28.3. The van der Waals surface area contributed by atoms with Crippen LogP contribution in [0, 0.1) is 6.92 Å². The van der Waals surface area contributed by atoms with E-state index in [0.717, 1.165) is 26.6 Å². The average molecular weight is 569 g/mol. The van der Waals surface area contributed by atoms with Crippen LogP contribution < -0.4 is 5.32 Å². The molecule has 0 fully saturated rings. The molecule has 0 radical (unpaired) electrons. The van der Waals surface area contributed by atoms with Crippen LogP contribution in [-0.4, -0.2) is 36.7 Å². The van der Waals surface area contributed by atoms with Gasteiger partial charge in [0.1, 0.15) is 12.6 Å². The van der Waals surface area contributed by atoms with Gasteiger partial charge < -0.3 is 10.1 Å². The molecule has 2 atom stereocenters. The molecule has 8 heteroatoms. The molecule has 1 aliphatic heterocycles. The maximum absolute atomic E-state index is 14.3. The largest absolute Gasteiger partial charge is 0.459 e. The number of carbonyl (C=O) groups is 2. The number of rotatable bonds is 9. The fourth-order valence-corrected chi connectivity index (χ4v) is 6.54. The van der Waals surface area contributed by atoms with Crippen LogP contribution in [0.3, 0.4) is 0 Å². The van der Waals surface area contributed by atoms with Gasteiger partial charge in [-0.25, -0.2) is 17.5 Å². The third kappa shape index (κ3) is 6.56. The van der Waals surface area contributed by atoms with Crippen molar-refractivity contribution in [1.82, 2.24) is 9.62 Å². The molecule has 7 nitrogen and oxygen atoms in total. The molecule has 1 N–H and O–H groups in total. The maximum atomic E-state index is 14.3. The van der Waals surface area contributed by atoms with Crippen molar-refractivity contribution in [3.05, 3.63) is 137 Å². The molecule has 1 unspecified atom stereocenters. The van der Waals surface area contributed by atoms with E-state index < -0.39 is 34.0 Å². The van der Waals surface area contributed by atoms with Crippen molar-refractivity contribution in [2.24, 2.45) is 0 Å². The van der Waals surface area contributed by atoms with E-state index in [1.165, 1.54) is 12.1 Å². The topological polar surface area (TPSA) is 92.8 Å². The van der Waals surface area contributed by atoms with Gasteiger partial charge in [0.05, 0.1) is 10.9 Å². The highest BCUT2D eigenvalue weighted by Crippen LogP contribution is 2.26. The summed E-state index contributed by atoms with van der Waals surface area (Å²) in [5.41, 5.74) is 4.34. The molecule has 5 rings (SSSR count). The van der Waals surface area contributed by atoms with Gasteiger partial charge in [-0.1, -0.05) is 103 Å². The minimum atomic E-state index is -4.45. The van der Waals surface area contributed by atoms with Crippen molar-refractivity contribution < 1.29 is 22.7 Å². The van der Waals surface area contributed by atoms with Gasteiger partial charge in [-0.2, -0.15) is 0 Å². The first-order valence-corrected chi connectivity index (χ1v) is 15.0. The molecule has 0 aliphatic carbocycles. The van der Waals surface area contributed by atoms with E-state index in [1.54, 1.807) is 24.3 Å². The molecule has 4 aromatic rings. The summed E-state index contributed by atoms with van der Waals surface area (Å²) in [5.74, 6) is -1.49. The van der Waals surface area contributed by atoms with Crippen LogP contribution in [0.2, 0.25) is 0 Å². The van der Waals surface area contributed by atoms with Crippen LogP contribution in [0.4, 0.5) is 0 Å². The highest BCUT2D eigenvalue weighted by Gasteiger charge is 2.43. The molecular formula is C33H32N2O5S. The Kier molecular flexibility index (Phi) is 8.61. The smallest absolute Gasteiger partial charge is 0.330 e. The van der Waals surface area contributed by atoms with Crippen LogP contribution >= 0.6 is 0 Å². The number of esters is 1. The Hall–Kier alpha value is -4.27. The second-order valence-electron chi connectivity index (χ2n) is 10.2. The fraction of sp³-hybridized carbons (Fsp3) is 0.212. The van der Waals surface area contributed by atoms with Crippen LogP contribution in [0.1, 0.15) is 27.8 Å². The van der Waals surface area contributed by atoms with Crippen LogP contribution in [-0.2, 0) is 50.3 Å². The quantitative estimate of drug-likeness (QED) is 0.297. The van der Waals surface area contributed by atoms with E-state index in [1.807, 2.05) is 79.7 Å². The van der Waals surface area contributed by atoms with E-state index in [2.05, 4.69) is 5.32 Å². The predicted molar refractivity (Wildman–Crippen MR) is 156 cm³/mol. The third-order valence-electron chi connectivity index (χ3n) is 7.23. The summed E-state index contributed by atoms with van der Waals surface area (Å²) in [7, 11) is -4.45. The monoisotopic (exact) mass is 568 g/mol. The van der Waals surface area contributed by atoms with Gasteiger partial charge in [0.25, 0.3) is 15.9 Å². The number of aryl methyl sites for hydroxylation is 1. The Bertz CT molecular complexity index is 1610. The highest BCUT2D eigenvalue weighted by molar-refractivity contribution is 7.89. The standard InChI is InChI=1S/C33H32N2O5S/c1-24-16-18-29(19-17-24)41(38,39)35(32(36)30-21-27-14-8-9-15-28(27)22-34-30)31(20-25-10-4-2-5-11-25)33(37)40-23-26-12-6-3-7-13-26/h2-19,30-31,34H,20-23H2,1H3/t30?,31-/m0/s1. The molecule has 1 aliphatic rings. The molecule has 0 saturated carbocycles. The molecule has 0 bridgehead atoms. The van der Waals surface area contributed by atoms with Gasteiger partial charge in [0, 0.05) is 13.0 Å². The summed E-state index contributed by atoms with van der Waals surface area (Å²) in [5, 5.41) is 3.20. The Morgan fingerprint density at radius 1 is 0.829 bits per heavy atom. The number of benzene rings is 4. The summed E-state index contributed by atoms with van der Waals surface area (Å²) >= 11 is 0. The predicted octanol–water partition coefficient (Wildman–Crippen LogP) is 4.58. The second kappa shape index (κ2) is 12.5. The summed E-state index contributed by atoms with van der Waals surface area (Å²) in [4.78, 5) is 28.0. The van der Waals surface area contributed by atoms with Crippen LogP contribution in [0.15, 0.2) is 114 Å². The molecule has 210 valence electrons. The van der Waals surface area contributed by atoms with E-state index in [0.29, 0.717) is 18.5 Å². The number of fused-ring (bicyclic) bond motifs is 1. The lowest BCUT2D eigenvalue weighted by Gasteiger charge is -2.34. The van der Waals surface area contributed by atoms with Gasteiger partial charge >= 0.3 is 5.97 Å². The number of amides is 1. The number of sulfonamides is 1. The molecule has 0 spiro atoms. The first-order chi connectivity index (χ1) is 19.8. The van der Waals surface area contributed by atoms with E-state index in [9.17, 15) is 18.0 Å². The van der Waals surface area contributed by atoms with Crippen molar-refractivity contribution in [2.45, 2.75) is 49.9 Å². The van der Waals surface area contributed by atoms with E-state index >= 15 is 0 Å². The van der Waals surface area contributed by atoms with Gasteiger partial charge in [-0.05, 0) is 47.7 Å². The number of hydrogen-bond donors (Lipinski definition) is 1. The molecule has 1 amide bonds. The maximum Gasteiger partial charge on any atom is 0.330 e. The Labute approximate surface area is 240 Å². The Morgan fingerprint density at radius 2 is 1.41 bits per heavy atom. The zero-order chi connectivity index (χ0) is 28.8. The van der Waals surface area contributed by atoms with Crippen molar-refractivity contribution in [3.63, 3.8) is 0 Å². The number of carbonyl (C=O) groups excluding carboxylic acids is 2. The lowest BCUT2D eigenvalue weighted by atomic mass is 9.95. The minimum absolute atomic E-state index is 0.0331. The van der Waals surface area contributed by atoms with E-state index in [4.69, 9.17) is 4.74 Å². The van der Waals surface area contributed by atoms with Gasteiger partial charge in [0.2, 0.25) is 0 Å². The zero-order valence-corrected chi connectivity index (χ0v) is 23.6. The normalized spacial score (nSPS) is 15.4. The zero-order valence-electron chi connectivity index (χ0n) is 22.8. The van der Waals surface area contributed by atoms with Gasteiger partial charge in [-0.3, -0.25) is 4.79 Å². The van der Waals surface area contributed by atoms with Crippen molar-refractivity contribution >= 4 is 21.9 Å². The van der Waals surface area contributed by atoms with Crippen LogP contribution in [0.5, 0.6) is 0 Å². The third-order valence-corrected chi connectivity index (χ3v) is 9.05. The Morgan fingerprint density at radius 3 is 2.07 bits per heavy atom. The molecule has 41 heavy (non-hydrogen) atoms. The van der Waals surface area contributed by atoms with Crippen LogP contribution in [0.25, 0.3) is 0 Å².